The standard InChI is InChI=1S/C19H20N2O3/c1-23-17-6-4-16(5-7-17)21-12-15(11-20-13-21)9-14-3-8-19(24-2)18(22)10-14/h3-11,22H,12-13H2,1-2H3/b15-9+. The van der Waals surface area contributed by atoms with Crippen molar-refractivity contribution < 1.29 is 14.6 Å². The van der Waals surface area contributed by atoms with Crippen LogP contribution < -0.4 is 14.4 Å². The van der Waals surface area contributed by atoms with Crippen molar-refractivity contribution in [1.29, 1.82) is 0 Å². The number of aliphatic imine (C=N–C) groups is 1. The zero-order chi connectivity index (χ0) is 16.9. The van der Waals surface area contributed by atoms with E-state index < -0.39 is 0 Å². The minimum absolute atomic E-state index is 0.131. The Bertz CT molecular complexity index is 767. The number of ether oxygens (including phenoxy) is 2. The first kappa shape index (κ1) is 15.9. The minimum atomic E-state index is 0.131. The Morgan fingerprint density at radius 1 is 1.08 bits per heavy atom. The summed E-state index contributed by atoms with van der Waals surface area (Å²) in [5.74, 6) is 1.43. The highest BCUT2D eigenvalue weighted by Gasteiger charge is 2.12. The molecule has 0 saturated carbocycles. The van der Waals surface area contributed by atoms with Crippen molar-refractivity contribution in [3.05, 3.63) is 53.6 Å². The minimum Gasteiger partial charge on any atom is -0.504 e. The van der Waals surface area contributed by atoms with Gasteiger partial charge in [-0.25, -0.2) is 0 Å². The number of hydrogen-bond donors (Lipinski definition) is 1. The van der Waals surface area contributed by atoms with Crippen molar-refractivity contribution in [3.8, 4) is 17.2 Å². The van der Waals surface area contributed by atoms with Crippen LogP contribution in [-0.4, -0.2) is 38.8 Å². The number of anilines is 1. The Balaban J connectivity index is 1.78. The lowest BCUT2D eigenvalue weighted by atomic mass is 10.1. The largest absolute Gasteiger partial charge is 0.504 e. The lowest BCUT2D eigenvalue weighted by Crippen LogP contribution is -2.29. The Morgan fingerprint density at radius 2 is 1.88 bits per heavy atom. The molecule has 1 heterocycles. The van der Waals surface area contributed by atoms with E-state index >= 15 is 0 Å². The summed E-state index contributed by atoms with van der Waals surface area (Å²) in [6.45, 7) is 1.38. The predicted molar refractivity (Wildman–Crippen MR) is 96.3 cm³/mol. The Kier molecular flexibility index (Phi) is 4.70. The maximum absolute atomic E-state index is 9.89. The first-order valence-corrected chi connectivity index (χ1v) is 7.66. The molecule has 0 amide bonds. The maximum atomic E-state index is 9.89. The van der Waals surface area contributed by atoms with Gasteiger partial charge in [0.05, 0.1) is 14.2 Å². The third kappa shape index (κ3) is 3.51. The van der Waals surface area contributed by atoms with E-state index in [9.17, 15) is 5.11 Å². The van der Waals surface area contributed by atoms with Crippen LogP contribution >= 0.6 is 0 Å². The van der Waals surface area contributed by atoms with Gasteiger partial charge in [-0.3, -0.25) is 4.99 Å². The van der Waals surface area contributed by atoms with Gasteiger partial charge in [-0.05, 0) is 53.6 Å². The summed E-state index contributed by atoms with van der Waals surface area (Å²) < 4.78 is 10.3. The fourth-order valence-corrected chi connectivity index (χ4v) is 2.63. The van der Waals surface area contributed by atoms with E-state index in [1.165, 1.54) is 7.11 Å². The number of phenols is 1. The molecule has 1 aliphatic rings. The van der Waals surface area contributed by atoms with Gasteiger partial charge in [0, 0.05) is 18.4 Å². The first-order chi connectivity index (χ1) is 11.7. The average molecular weight is 324 g/mol. The highest BCUT2D eigenvalue weighted by molar-refractivity contribution is 5.88. The number of methoxy groups -OCH3 is 2. The number of hydrogen-bond acceptors (Lipinski definition) is 5. The second-order valence-corrected chi connectivity index (χ2v) is 5.50. The third-order valence-electron chi connectivity index (χ3n) is 3.88. The number of phenolic OH excluding ortho intramolecular Hbond substituents is 1. The summed E-state index contributed by atoms with van der Waals surface area (Å²) in [4.78, 5) is 6.60. The second kappa shape index (κ2) is 7.08. The smallest absolute Gasteiger partial charge is 0.160 e. The molecule has 24 heavy (non-hydrogen) atoms. The molecule has 5 heteroatoms. The van der Waals surface area contributed by atoms with Gasteiger partial charge in [0.1, 0.15) is 12.4 Å². The molecular formula is C19H20N2O3. The van der Waals surface area contributed by atoms with Gasteiger partial charge < -0.3 is 19.5 Å². The average Bonchev–Trinajstić information content (AvgIpc) is 2.62. The van der Waals surface area contributed by atoms with Crippen molar-refractivity contribution in [1.82, 2.24) is 0 Å². The fraction of sp³-hybridized carbons (Fsp3) is 0.211. The lowest BCUT2D eigenvalue weighted by molar-refractivity contribution is 0.373. The third-order valence-corrected chi connectivity index (χ3v) is 3.88. The summed E-state index contributed by atoms with van der Waals surface area (Å²) >= 11 is 0. The lowest BCUT2D eigenvalue weighted by Gasteiger charge is -2.26. The van der Waals surface area contributed by atoms with Crippen molar-refractivity contribution in [2.45, 2.75) is 0 Å². The molecule has 0 bridgehead atoms. The van der Waals surface area contributed by atoms with E-state index in [1.807, 2.05) is 42.6 Å². The van der Waals surface area contributed by atoms with Crippen LogP contribution in [0.5, 0.6) is 17.2 Å². The Hall–Kier alpha value is -2.95. The summed E-state index contributed by atoms with van der Waals surface area (Å²) in [5, 5.41) is 9.89. The number of aromatic hydroxyl groups is 1. The van der Waals surface area contributed by atoms with Crippen LogP contribution in [0.4, 0.5) is 5.69 Å². The molecule has 1 N–H and O–H groups in total. The van der Waals surface area contributed by atoms with Crippen LogP contribution in [-0.2, 0) is 0 Å². The molecule has 124 valence electrons. The zero-order valence-corrected chi connectivity index (χ0v) is 13.8. The highest BCUT2D eigenvalue weighted by atomic mass is 16.5. The van der Waals surface area contributed by atoms with Crippen LogP contribution in [0, 0.1) is 0 Å². The summed E-state index contributed by atoms with van der Waals surface area (Å²) in [7, 11) is 3.19. The highest BCUT2D eigenvalue weighted by Crippen LogP contribution is 2.28. The molecule has 0 aliphatic carbocycles. The fourth-order valence-electron chi connectivity index (χ4n) is 2.63. The number of benzene rings is 2. The van der Waals surface area contributed by atoms with Crippen molar-refractivity contribution in [3.63, 3.8) is 0 Å². The van der Waals surface area contributed by atoms with E-state index in [0.717, 1.165) is 29.1 Å². The summed E-state index contributed by atoms with van der Waals surface area (Å²) in [5.41, 5.74) is 3.07. The van der Waals surface area contributed by atoms with E-state index in [-0.39, 0.29) is 5.75 Å². The van der Waals surface area contributed by atoms with Gasteiger partial charge in [0.25, 0.3) is 0 Å². The van der Waals surface area contributed by atoms with E-state index in [1.54, 1.807) is 19.2 Å². The molecular weight excluding hydrogens is 304 g/mol. The molecule has 2 aromatic rings. The monoisotopic (exact) mass is 324 g/mol. The van der Waals surface area contributed by atoms with Crippen LogP contribution in [0.25, 0.3) is 6.08 Å². The van der Waals surface area contributed by atoms with Crippen molar-refractivity contribution >= 4 is 18.0 Å². The van der Waals surface area contributed by atoms with Gasteiger partial charge >= 0.3 is 0 Å². The molecule has 1 aliphatic heterocycles. The predicted octanol–water partition coefficient (Wildman–Crippen LogP) is 3.34. The van der Waals surface area contributed by atoms with Crippen molar-refractivity contribution in [2.24, 2.45) is 4.99 Å². The molecule has 0 spiro atoms. The van der Waals surface area contributed by atoms with Gasteiger partial charge in [-0.2, -0.15) is 0 Å². The molecule has 0 unspecified atom stereocenters. The molecule has 0 fully saturated rings. The zero-order valence-electron chi connectivity index (χ0n) is 13.8. The molecule has 0 atom stereocenters. The summed E-state index contributed by atoms with van der Waals surface area (Å²) in [6, 6.07) is 13.3. The van der Waals surface area contributed by atoms with Gasteiger partial charge in [0.15, 0.2) is 11.5 Å². The SMILES string of the molecule is COc1ccc(N2CN=C/C(=C\c3ccc(OC)c(O)c3)C2)cc1. The molecule has 0 radical (unpaired) electrons. The van der Waals surface area contributed by atoms with Crippen LogP contribution in [0.3, 0.4) is 0 Å². The Labute approximate surface area is 141 Å². The Morgan fingerprint density at radius 3 is 2.54 bits per heavy atom. The van der Waals surface area contributed by atoms with Gasteiger partial charge in [-0.15, -0.1) is 0 Å². The summed E-state index contributed by atoms with van der Waals surface area (Å²) in [6.07, 6.45) is 3.89. The van der Waals surface area contributed by atoms with Gasteiger partial charge in [0.2, 0.25) is 0 Å². The van der Waals surface area contributed by atoms with E-state index in [2.05, 4.69) is 9.89 Å². The first-order valence-electron chi connectivity index (χ1n) is 7.66. The maximum Gasteiger partial charge on any atom is 0.160 e. The molecule has 0 aromatic heterocycles. The van der Waals surface area contributed by atoms with Crippen molar-refractivity contribution in [2.75, 3.05) is 32.3 Å². The molecule has 2 aromatic carbocycles. The second-order valence-electron chi connectivity index (χ2n) is 5.50. The van der Waals surface area contributed by atoms with Crippen LogP contribution in [0.15, 0.2) is 53.0 Å². The number of nitrogens with zero attached hydrogens (tertiary/aromatic N) is 2. The molecule has 3 rings (SSSR count). The normalized spacial score (nSPS) is 15.6. The number of rotatable bonds is 4. The molecule has 5 nitrogen and oxygen atoms in total. The van der Waals surface area contributed by atoms with Crippen LogP contribution in [0.2, 0.25) is 0 Å². The van der Waals surface area contributed by atoms with Crippen LogP contribution in [0.1, 0.15) is 5.56 Å². The van der Waals surface area contributed by atoms with E-state index in [0.29, 0.717) is 12.4 Å². The topological polar surface area (TPSA) is 54.3 Å². The van der Waals surface area contributed by atoms with E-state index in [4.69, 9.17) is 9.47 Å². The van der Waals surface area contributed by atoms with Gasteiger partial charge in [-0.1, -0.05) is 6.07 Å². The molecule has 0 saturated heterocycles. The quantitative estimate of drug-likeness (QED) is 0.937.